The van der Waals surface area contributed by atoms with Crippen molar-refractivity contribution in [3.05, 3.63) is 212 Å². The second-order valence-electron chi connectivity index (χ2n) is 14.2. The average molecular weight is 781 g/mol. The fourth-order valence-electron chi connectivity index (χ4n) is 8.46. The summed E-state index contributed by atoms with van der Waals surface area (Å²) in [6.45, 7) is 0. The van der Waals surface area contributed by atoms with Crippen LogP contribution in [0, 0.1) is 0 Å². The van der Waals surface area contributed by atoms with Crippen LogP contribution in [0.3, 0.4) is 0 Å². The Labute approximate surface area is 331 Å². The second-order valence-corrected chi connectivity index (χ2v) is 16.4. The first-order valence-corrected chi connectivity index (χ1v) is 20.7. The van der Waals surface area contributed by atoms with E-state index in [1.807, 2.05) is 0 Å². The zero-order chi connectivity index (χ0) is 37.0. The Morgan fingerprint density at radius 3 is 1.55 bits per heavy atom. The molecule has 0 bridgehead atoms. The summed E-state index contributed by atoms with van der Waals surface area (Å²) in [5.41, 5.74) is 10.2. The van der Waals surface area contributed by atoms with E-state index in [2.05, 4.69) is 227 Å². The number of nitrogens with zero attached hydrogens (tertiary/aromatic N) is 3. The molecule has 0 radical (unpaired) electrons. The standard InChI is InChI=1S/C52H35N3Se/c1-5-17-36(18-6-1)53(37-19-7-2-8-20-37)41-33-47-44(31-32-46-45-26-14-16-28-51(45)56-52(46)47)49(35-41)54(38-21-9-3-10-22-38)40-29-30-43-42-25-13-15-27-48(42)55(50(43)34-40)39-23-11-4-12-24-39/h1-35H. The summed E-state index contributed by atoms with van der Waals surface area (Å²) in [7, 11) is 0. The van der Waals surface area contributed by atoms with E-state index < -0.39 is 0 Å². The van der Waals surface area contributed by atoms with Crippen LogP contribution in [-0.2, 0) is 0 Å². The van der Waals surface area contributed by atoms with Crippen molar-refractivity contribution < 1.29 is 0 Å². The van der Waals surface area contributed by atoms with Crippen LogP contribution in [0.15, 0.2) is 212 Å². The molecule has 0 fully saturated rings. The molecule has 0 aliphatic heterocycles. The van der Waals surface area contributed by atoms with Gasteiger partial charge in [-0.25, -0.2) is 0 Å². The molecule has 0 saturated heterocycles. The van der Waals surface area contributed by atoms with Gasteiger partial charge >= 0.3 is 327 Å². The molecule has 2 heterocycles. The number of hydrogen-bond donors (Lipinski definition) is 0. The van der Waals surface area contributed by atoms with Crippen LogP contribution in [0.2, 0.25) is 0 Å². The van der Waals surface area contributed by atoms with Gasteiger partial charge in [-0.3, -0.25) is 0 Å². The van der Waals surface area contributed by atoms with E-state index in [1.165, 1.54) is 51.9 Å². The molecule has 4 heteroatoms. The SMILES string of the molecule is c1ccc(N(c2ccccc2)c2cc(N(c3ccccc3)c3ccc4c5ccccc5n(-c5ccccc5)c4c3)c3ccc4c5ccccc5[se]c4c3c2)cc1. The van der Waals surface area contributed by atoms with E-state index in [1.54, 1.807) is 0 Å². The molecule has 9 aromatic carbocycles. The summed E-state index contributed by atoms with van der Waals surface area (Å²) in [6.07, 6.45) is 0. The number of anilines is 6. The first-order chi connectivity index (χ1) is 27.8. The maximum absolute atomic E-state index is 2.47. The van der Waals surface area contributed by atoms with Gasteiger partial charge < -0.3 is 0 Å². The van der Waals surface area contributed by atoms with Crippen molar-refractivity contribution in [1.82, 2.24) is 4.57 Å². The summed E-state index contributed by atoms with van der Waals surface area (Å²) < 4.78 is 5.29. The zero-order valence-electron chi connectivity index (χ0n) is 30.5. The Morgan fingerprint density at radius 1 is 0.321 bits per heavy atom. The number of para-hydroxylation sites is 5. The van der Waals surface area contributed by atoms with E-state index in [-0.39, 0.29) is 14.5 Å². The Balaban J connectivity index is 1.24. The molecule has 264 valence electrons. The molecule has 0 unspecified atom stereocenters. The van der Waals surface area contributed by atoms with Gasteiger partial charge in [0.25, 0.3) is 0 Å². The van der Waals surface area contributed by atoms with Crippen molar-refractivity contribution in [3.63, 3.8) is 0 Å². The van der Waals surface area contributed by atoms with Crippen molar-refractivity contribution >= 4 is 100 Å². The van der Waals surface area contributed by atoms with E-state index in [4.69, 9.17) is 0 Å². The number of fused-ring (bicyclic) bond motifs is 8. The molecule has 0 saturated carbocycles. The first kappa shape index (κ1) is 32.6. The Hall–Kier alpha value is -6.84. The third-order valence-electron chi connectivity index (χ3n) is 10.9. The predicted octanol–water partition coefficient (Wildman–Crippen LogP) is 14.2. The van der Waals surface area contributed by atoms with Gasteiger partial charge in [-0.15, -0.1) is 0 Å². The predicted molar refractivity (Wildman–Crippen MR) is 240 cm³/mol. The summed E-state index contributed by atoms with van der Waals surface area (Å²) in [5.74, 6) is 0. The molecular formula is C52H35N3Se. The number of rotatable bonds is 7. The average Bonchev–Trinajstić information content (AvgIpc) is 3.81. The molecule has 0 aliphatic rings. The fourth-order valence-corrected chi connectivity index (χ4v) is 11.0. The molecule has 11 rings (SSSR count). The van der Waals surface area contributed by atoms with Gasteiger partial charge in [0.15, 0.2) is 0 Å². The van der Waals surface area contributed by atoms with Crippen LogP contribution in [-0.4, -0.2) is 19.1 Å². The molecule has 56 heavy (non-hydrogen) atoms. The number of benzene rings is 9. The molecular weight excluding hydrogens is 746 g/mol. The van der Waals surface area contributed by atoms with Crippen LogP contribution >= 0.6 is 0 Å². The second kappa shape index (κ2) is 13.5. The summed E-state index contributed by atoms with van der Waals surface area (Å²) in [5, 5.41) is 7.72. The minimum atomic E-state index is 0.165. The van der Waals surface area contributed by atoms with Crippen molar-refractivity contribution in [2.45, 2.75) is 0 Å². The number of aromatic nitrogens is 1. The van der Waals surface area contributed by atoms with Crippen LogP contribution < -0.4 is 9.80 Å². The minimum absolute atomic E-state index is 0.165. The summed E-state index contributed by atoms with van der Waals surface area (Å²) >= 11 is 0.165. The van der Waals surface area contributed by atoms with E-state index in [9.17, 15) is 0 Å². The van der Waals surface area contributed by atoms with Gasteiger partial charge in [0.2, 0.25) is 0 Å². The Kier molecular flexibility index (Phi) is 7.84. The molecule has 0 N–H and O–H groups in total. The molecule has 0 atom stereocenters. The maximum atomic E-state index is 2.47. The van der Waals surface area contributed by atoms with Gasteiger partial charge in [-0.2, -0.15) is 0 Å². The fraction of sp³-hybridized carbons (Fsp3) is 0. The van der Waals surface area contributed by atoms with Crippen molar-refractivity contribution in [3.8, 4) is 5.69 Å². The third kappa shape index (κ3) is 5.34. The van der Waals surface area contributed by atoms with Gasteiger partial charge in [0, 0.05) is 0 Å². The Morgan fingerprint density at radius 2 is 0.857 bits per heavy atom. The third-order valence-corrected chi connectivity index (χ3v) is 13.5. The van der Waals surface area contributed by atoms with E-state index in [0.29, 0.717) is 0 Å². The number of hydrogen-bond acceptors (Lipinski definition) is 2. The van der Waals surface area contributed by atoms with Crippen molar-refractivity contribution in [2.24, 2.45) is 0 Å². The van der Waals surface area contributed by atoms with Gasteiger partial charge in [0.1, 0.15) is 0 Å². The topological polar surface area (TPSA) is 11.4 Å². The normalized spacial score (nSPS) is 11.6. The van der Waals surface area contributed by atoms with Gasteiger partial charge in [-0.1, -0.05) is 6.07 Å². The quantitative estimate of drug-likeness (QED) is 0.149. The summed E-state index contributed by atoms with van der Waals surface area (Å²) in [6, 6.07) is 77.3. The monoisotopic (exact) mass is 781 g/mol. The molecule has 0 amide bonds. The molecule has 11 aromatic rings. The van der Waals surface area contributed by atoms with Crippen LogP contribution in [0.5, 0.6) is 0 Å². The van der Waals surface area contributed by atoms with Crippen LogP contribution in [0.25, 0.3) is 57.6 Å². The zero-order valence-corrected chi connectivity index (χ0v) is 32.2. The van der Waals surface area contributed by atoms with Crippen LogP contribution in [0.4, 0.5) is 34.1 Å². The van der Waals surface area contributed by atoms with Crippen LogP contribution in [0.1, 0.15) is 0 Å². The molecule has 2 aromatic heterocycles. The van der Waals surface area contributed by atoms with Crippen molar-refractivity contribution in [1.29, 1.82) is 0 Å². The van der Waals surface area contributed by atoms with Gasteiger partial charge in [-0.05, 0) is 0 Å². The van der Waals surface area contributed by atoms with Gasteiger partial charge in [0.05, 0.1) is 0 Å². The Bertz CT molecular complexity index is 3150. The van der Waals surface area contributed by atoms with E-state index >= 15 is 0 Å². The molecule has 0 aliphatic carbocycles. The molecule has 3 nitrogen and oxygen atoms in total. The molecule has 0 spiro atoms. The van der Waals surface area contributed by atoms with E-state index in [0.717, 1.165) is 39.8 Å². The summed E-state index contributed by atoms with van der Waals surface area (Å²) in [4.78, 5) is 4.87. The van der Waals surface area contributed by atoms with Crippen molar-refractivity contribution in [2.75, 3.05) is 9.80 Å². The first-order valence-electron chi connectivity index (χ1n) is 19.0.